The van der Waals surface area contributed by atoms with Crippen molar-refractivity contribution in [3.05, 3.63) is 83.2 Å². The molecule has 7 rings (SSSR count). The molecule has 0 aliphatic heterocycles. The molecule has 136 valence electrons. The molecule has 0 spiro atoms. The van der Waals surface area contributed by atoms with E-state index < -0.39 is 0 Å². The lowest BCUT2D eigenvalue weighted by molar-refractivity contribution is 1.35. The fraction of sp³-hybridized carbons (Fsp3) is 0. The number of aromatic amines is 3. The number of pyridine rings is 1. The normalized spacial score (nSPS) is 12.3. The molecule has 0 amide bonds. The van der Waals surface area contributed by atoms with Gasteiger partial charge in [0.25, 0.3) is 5.56 Å². The van der Waals surface area contributed by atoms with Gasteiger partial charge in [-0.15, -0.1) is 0 Å². The second kappa shape index (κ2) is 5.06. The van der Waals surface area contributed by atoms with Crippen LogP contribution in [0.3, 0.4) is 0 Å². The van der Waals surface area contributed by atoms with E-state index in [1.165, 1.54) is 0 Å². The number of para-hydroxylation sites is 2. The summed E-state index contributed by atoms with van der Waals surface area (Å²) in [6, 6.07) is 24.7. The van der Waals surface area contributed by atoms with Crippen LogP contribution < -0.4 is 5.56 Å². The first-order valence-electron chi connectivity index (χ1n) is 9.68. The predicted octanol–water partition coefficient (Wildman–Crippen LogP) is 5.95. The van der Waals surface area contributed by atoms with E-state index in [4.69, 9.17) is 0 Å². The minimum Gasteiger partial charge on any atom is -0.354 e. The van der Waals surface area contributed by atoms with Crippen molar-refractivity contribution in [1.82, 2.24) is 15.0 Å². The molecule has 4 aromatic carbocycles. The number of H-pyrrole nitrogens is 3. The minimum absolute atomic E-state index is 0.0640. The zero-order chi connectivity index (χ0) is 19.1. The summed E-state index contributed by atoms with van der Waals surface area (Å²) in [5.41, 5.74) is 4.96. The first-order chi connectivity index (χ1) is 14.3. The number of hydrogen-bond acceptors (Lipinski definition) is 1. The van der Waals surface area contributed by atoms with Crippen LogP contribution in [0.15, 0.2) is 77.6 Å². The Morgan fingerprint density at radius 2 is 1.10 bits per heavy atom. The predicted molar refractivity (Wildman–Crippen MR) is 121 cm³/mol. The monoisotopic (exact) mass is 373 g/mol. The van der Waals surface area contributed by atoms with Gasteiger partial charge in [0.05, 0.1) is 11.0 Å². The number of rotatable bonds is 0. The summed E-state index contributed by atoms with van der Waals surface area (Å²) in [6.45, 7) is 0. The summed E-state index contributed by atoms with van der Waals surface area (Å²) in [7, 11) is 0. The van der Waals surface area contributed by atoms with E-state index in [0.717, 1.165) is 59.9 Å². The highest BCUT2D eigenvalue weighted by Crippen LogP contribution is 2.37. The minimum atomic E-state index is -0.0640. The largest absolute Gasteiger partial charge is 0.354 e. The molecule has 4 heteroatoms. The van der Waals surface area contributed by atoms with E-state index in [-0.39, 0.29) is 5.56 Å². The van der Waals surface area contributed by atoms with Crippen molar-refractivity contribution in [3.8, 4) is 0 Å². The Morgan fingerprint density at radius 3 is 1.97 bits per heavy atom. The molecular weight excluding hydrogens is 358 g/mol. The summed E-state index contributed by atoms with van der Waals surface area (Å²) in [5, 5.41) is 7.28. The van der Waals surface area contributed by atoms with Crippen LogP contribution in [0.25, 0.3) is 65.3 Å². The average molecular weight is 373 g/mol. The Bertz CT molecular complexity index is 1830. The van der Waals surface area contributed by atoms with Crippen molar-refractivity contribution < 1.29 is 0 Å². The van der Waals surface area contributed by atoms with Crippen molar-refractivity contribution >= 4 is 65.3 Å². The fourth-order valence-electron chi connectivity index (χ4n) is 4.85. The molecule has 0 aliphatic rings. The van der Waals surface area contributed by atoms with E-state index in [9.17, 15) is 4.79 Å². The van der Waals surface area contributed by atoms with Gasteiger partial charge in [0.15, 0.2) is 0 Å². The van der Waals surface area contributed by atoms with Gasteiger partial charge in [-0.3, -0.25) is 4.79 Å². The molecule has 0 saturated heterocycles. The lowest BCUT2D eigenvalue weighted by atomic mass is 9.99. The van der Waals surface area contributed by atoms with Crippen LogP contribution in [0.2, 0.25) is 0 Å². The van der Waals surface area contributed by atoms with Crippen molar-refractivity contribution in [1.29, 1.82) is 0 Å². The van der Waals surface area contributed by atoms with Gasteiger partial charge in [-0.05, 0) is 24.3 Å². The maximum Gasteiger partial charge on any atom is 0.256 e. The van der Waals surface area contributed by atoms with Gasteiger partial charge in [-0.1, -0.05) is 48.5 Å². The molecule has 3 heterocycles. The zero-order valence-electron chi connectivity index (χ0n) is 15.3. The van der Waals surface area contributed by atoms with Crippen molar-refractivity contribution in [2.45, 2.75) is 0 Å². The summed E-state index contributed by atoms with van der Waals surface area (Å²) < 4.78 is 0. The summed E-state index contributed by atoms with van der Waals surface area (Å²) in [6.07, 6.45) is 0. The maximum atomic E-state index is 13.1. The Balaban J connectivity index is 1.81. The van der Waals surface area contributed by atoms with Gasteiger partial charge in [0.1, 0.15) is 0 Å². The quantitative estimate of drug-likeness (QED) is 0.283. The van der Waals surface area contributed by atoms with Crippen molar-refractivity contribution in [2.24, 2.45) is 0 Å². The highest BCUT2D eigenvalue weighted by Gasteiger charge is 2.16. The van der Waals surface area contributed by atoms with E-state index in [2.05, 4.69) is 51.4 Å². The van der Waals surface area contributed by atoms with Crippen LogP contribution in [0, 0.1) is 0 Å². The molecule has 0 atom stereocenters. The smallest absolute Gasteiger partial charge is 0.256 e. The Labute approximate surface area is 163 Å². The molecule has 0 aliphatic carbocycles. The van der Waals surface area contributed by atoms with Crippen LogP contribution >= 0.6 is 0 Å². The molecule has 0 saturated carbocycles. The highest BCUT2D eigenvalue weighted by molar-refractivity contribution is 6.29. The summed E-state index contributed by atoms with van der Waals surface area (Å²) in [4.78, 5) is 23.2. The van der Waals surface area contributed by atoms with Crippen LogP contribution in [0.1, 0.15) is 0 Å². The average Bonchev–Trinajstić information content (AvgIpc) is 3.32. The van der Waals surface area contributed by atoms with Crippen molar-refractivity contribution in [2.75, 3.05) is 0 Å². The Hall–Kier alpha value is -4.05. The third kappa shape index (κ3) is 1.81. The number of aromatic nitrogens is 3. The fourth-order valence-corrected chi connectivity index (χ4v) is 4.85. The molecule has 3 N–H and O–H groups in total. The first kappa shape index (κ1) is 14.9. The van der Waals surface area contributed by atoms with Gasteiger partial charge < -0.3 is 15.0 Å². The van der Waals surface area contributed by atoms with Gasteiger partial charge in [-0.2, -0.15) is 0 Å². The number of benzene rings is 4. The standard InChI is InChI=1S/C25H15N3O/c29-25-17-11-12-20-22(15-6-2-4-8-19(15)26-20)21(17)16-10-9-14-13-5-1-3-7-18(13)27-23(14)24(16)28-25/h1-12,26-27H,(H,28,29). The van der Waals surface area contributed by atoms with Gasteiger partial charge in [0.2, 0.25) is 0 Å². The van der Waals surface area contributed by atoms with Gasteiger partial charge >= 0.3 is 0 Å². The second-order valence-corrected chi connectivity index (χ2v) is 7.62. The molecular formula is C25H15N3O. The maximum absolute atomic E-state index is 13.1. The third-order valence-corrected chi connectivity index (χ3v) is 6.11. The molecule has 7 aromatic rings. The lowest BCUT2D eigenvalue weighted by Crippen LogP contribution is -2.06. The van der Waals surface area contributed by atoms with Gasteiger partial charge in [0, 0.05) is 54.3 Å². The van der Waals surface area contributed by atoms with Gasteiger partial charge in [-0.25, -0.2) is 0 Å². The summed E-state index contributed by atoms with van der Waals surface area (Å²) >= 11 is 0. The molecule has 0 radical (unpaired) electrons. The number of fused-ring (bicyclic) bond motifs is 11. The van der Waals surface area contributed by atoms with E-state index >= 15 is 0 Å². The first-order valence-corrected chi connectivity index (χ1v) is 9.68. The SMILES string of the molecule is O=c1[nH]c2c(ccc3c4ccccc4[nH]c32)c2c1ccc1[nH]c3ccccc3c12. The highest BCUT2D eigenvalue weighted by atomic mass is 16.1. The van der Waals surface area contributed by atoms with Crippen molar-refractivity contribution in [3.63, 3.8) is 0 Å². The lowest BCUT2D eigenvalue weighted by Gasteiger charge is -2.07. The molecule has 0 unspecified atom stereocenters. The van der Waals surface area contributed by atoms with Crippen LogP contribution in [-0.4, -0.2) is 15.0 Å². The number of hydrogen-bond donors (Lipinski definition) is 3. The van der Waals surface area contributed by atoms with E-state index in [0.29, 0.717) is 5.39 Å². The zero-order valence-corrected chi connectivity index (χ0v) is 15.3. The molecule has 4 nitrogen and oxygen atoms in total. The Kier molecular flexibility index (Phi) is 2.60. The van der Waals surface area contributed by atoms with E-state index in [1.54, 1.807) is 0 Å². The molecule has 3 aromatic heterocycles. The Morgan fingerprint density at radius 1 is 0.448 bits per heavy atom. The van der Waals surface area contributed by atoms with Crippen LogP contribution in [0.5, 0.6) is 0 Å². The molecule has 0 fully saturated rings. The van der Waals surface area contributed by atoms with E-state index in [1.807, 2.05) is 36.4 Å². The topological polar surface area (TPSA) is 64.4 Å². The molecule has 0 bridgehead atoms. The van der Waals surface area contributed by atoms with Crippen LogP contribution in [0.4, 0.5) is 0 Å². The van der Waals surface area contributed by atoms with Crippen LogP contribution in [-0.2, 0) is 0 Å². The summed E-state index contributed by atoms with van der Waals surface area (Å²) in [5.74, 6) is 0. The second-order valence-electron chi connectivity index (χ2n) is 7.62. The third-order valence-electron chi connectivity index (χ3n) is 6.11. The number of nitrogens with one attached hydrogen (secondary N) is 3. The molecule has 29 heavy (non-hydrogen) atoms.